The first-order valence-corrected chi connectivity index (χ1v) is 5.08. The summed E-state index contributed by atoms with van der Waals surface area (Å²) in [4.78, 5) is 13.6. The number of carbonyl (C=O) groups is 1. The summed E-state index contributed by atoms with van der Waals surface area (Å²) in [6.07, 6.45) is 0.159. The molecule has 0 bridgehead atoms. The molecule has 80 valence electrons. The zero-order valence-electron chi connectivity index (χ0n) is 8.40. The van der Waals surface area contributed by atoms with E-state index in [0.29, 0.717) is 13.2 Å². The van der Waals surface area contributed by atoms with Crippen molar-refractivity contribution >= 4 is 5.91 Å². The predicted molar refractivity (Wildman–Crippen MR) is 51.8 cm³/mol. The summed E-state index contributed by atoms with van der Waals surface area (Å²) in [5.74, 6) is 0.0343. The first-order chi connectivity index (χ1) is 6.70. The quantitative estimate of drug-likeness (QED) is 0.541. The van der Waals surface area contributed by atoms with Crippen LogP contribution in [0.15, 0.2) is 0 Å². The number of ether oxygens (including phenoxy) is 1. The molecule has 3 N–H and O–H groups in total. The summed E-state index contributed by atoms with van der Waals surface area (Å²) in [5, 5.41) is 3.23. The number of hydrogen-bond acceptors (Lipinski definition) is 4. The minimum Gasteiger partial charge on any atom is -0.373 e. The molecule has 0 radical (unpaired) electrons. The molecule has 0 aliphatic carbocycles. The number of morpholine rings is 1. The van der Waals surface area contributed by atoms with Crippen LogP contribution in [0.1, 0.15) is 6.92 Å². The van der Waals surface area contributed by atoms with Gasteiger partial charge in [0.15, 0.2) is 0 Å². The van der Waals surface area contributed by atoms with Gasteiger partial charge in [0.1, 0.15) is 0 Å². The van der Waals surface area contributed by atoms with E-state index in [2.05, 4.69) is 5.32 Å². The second kappa shape index (κ2) is 3.84. The Morgan fingerprint density at radius 3 is 3.14 bits per heavy atom. The highest BCUT2D eigenvalue weighted by molar-refractivity contribution is 5.81. The van der Waals surface area contributed by atoms with Gasteiger partial charge in [0.25, 0.3) is 0 Å². The number of rotatable bonds is 1. The lowest BCUT2D eigenvalue weighted by Gasteiger charge is -2.37. The standard InChI is InChI=1S/C9H17N3O2/c1-6(10)9(13)12-2-3-14-8-5-11-4-7(8)12/h6-8,11H,2-5,10H2,1H3/t6-,7?,8?/m1/s1. The van der Waals surface area contributed by atoms with Gasteiger partial charge in [0.05, 0.1) is 24.8 Å². The lowest BCUT2D eigenvalue weighted by Crippen LogP contribution is -2.56. The highest BCUT2D eigenvalue weighted by Crippen LogP contribution is 2.17. The third-order valence-corrected chi connectivity index (χ3v) is 2.87. The van der Waals surface area contributed by atoms with Crippen molar-refractivity contribution in [2.75, 3.05) is 26.2 Å². The van der Waals surface area contributed by atoms with Gasteiger partial charge in [-0.15, -0.1) is 0 Å². The summed E-state index contributed by atoms with van der Waals surface area (Å²) < 4.78 is 5.56. The molecule has 2 heterocycles. The lowest BCUT2D eigenvalue weighted by atomic mass is 10.1. The number of amides is 1. The molecule has 0 aromatic carbocycles. The maximum absolute atomic E-state index is 11.8. The molecule has 14 heavy (non-hydrogen) atoms. The van der Waals surface area contributed by atoms with Crippen LogP contribution in [-0.2, 0) is 9.53 Å². The molecular formula is C9H17N3O2. The molecule has 1 amide bonds. The first kappa shape index (κ1) is 9.89. The van der Waals surface area contributed by atoms with Crippen LogP contribution in [0.2, 0.25) is 0 Å². The Balaban J connectivity index is 2.06. The molecule has 2 rings (SSSR count). The third-order valence-electron chi connectivity index (χ3n) is 2.87. The molecule has 2 fully saturated rings. The van der Waals surface area contributed by atoms with Gasteiger partial charge in [-0.25, -0.2) is 0 Å². The van der Waals surface area contributed by atoms with E-state index in [4.69, 9.17) is 10.5 Å². The zero-order valence-corrected chi connectivity index (χ0v) is 8.40. The van der Waals surface area contributed by atoms with Gasteiger partial charge in [-0.2, -0.15) is 0 Å². The van der Waals surface area contributed by atoms with Crippen LogP contribution in [-0.4, -0.2) is 55.2 Å². The largest absolute Gasteiger partial charge is 0.373 e. The minimum absolute atomic E-state index is 0.0343. The maximum atomic E-state index is 11.8. The first-order valence-electron chi connectivity index (χ1n) is 5.08. The number of nitrogens with zero attached hydrogens (tertiary/aromatic N) is 1. The van der Waals surface area contributed by atoms with E-state index >= 15 is 0 Å². The average molecular weight is 199 g/mol. The molecule has 2 unspecified atom stereocenters. The van der Waals surface area contributed by atoms with Crippen molar-refractivity contribution in [1.82, 2.24) is 10.2 Å². The summed E-state index contributed by atoms with van der Waals surface area (Å²) in [6.45, 7) is 4.69. The van der Waals surface area contributed by atoms with Crippen molar-refractivity contribution in [1.29, 1.82) is 0 Å². The van der Waals surface area contributed by atoms with E-state index in [1.165, 1.54) is 0 Å². The Hall–Kier alpha value is -0.650. The lowest BCUT2D eigenvalue weighted by molar-refractivity contribution is -0.143. The topological polar surface area (TPSA) is 67.6 Å². The molecule has 0 aromatic rings. The van der Waals surface area contributed by atoms with Gasteiger partial charge in [-0.3, -0.25) is 4.79 Å². The number of fused-ring (bicyclic) bond motifs is 1. The molecule has 0 saturated carbocycles. The SMILES string of the molecule is C[C@@H](N)C(=O)N1CCOC2CNCC21. The molecule has 0 spiro atoms. The molecule has 2 aliphatic rings. The Morgan fingerprint density at radius 2 is 2.43 bits per heavy atom. The minimum atomic E-state index is -0.408. The number of hydrogen-bond donors (Lipinski definition) is 2. The van der Waals surface area contributed by atoms with Crippen LogP contribution in [0, 0.1) is 0 Å². The zero-order chi connectivity index (χ0) is 10.1. The highest BCUT2D eigenvalue weighted by atomic mass is 16.5. The Morgan fingerprint density at radius 1 is 1.64 bits per heavy atom. The Labute approximate surface area is 83.6 Å². The van der Waals surface area contributed by atoms with Crippen LogP contribution in [0.5, 0.6) is 0 Å². The van der Waals surface area contributed by atoms with Crippen LogP contribution in [0.3, 0.4) is 0 Å². The van der Waals surface area contributed by atoms with Crippen molar-refractivity contribution in [3.63, 3.8) is 0 Å². The van der Waals surface area contributed by atoms with E-state index in [-0.39, 0.29) is 18.1 Å². The molecule has 3 atom stereocenters. The summed E-state index contributed by atoms with van der Waals surface area (Å²) in [5.41, 5.74) is 5.60. The van der Waals surface area contributed by atoms with Crippen LogP contribution < -0.4 is 11.1 Å². The van der Waals surface area contributed by atoms with E-state index in [1.54, 1.807) is 6.92 Å². The number of carbonyl (C=O) groups excluding carboxylic acids is 1. The second-order valence-corrected chi connectivity index (χ2v) is 3.96. The van der Waals surface area contributed by atoms with Crippen LogP contribution >= 0.6 is 0 Å². The molecule has 5 nitrogen and oxygen atoms in total. The van der Waals surface area contributed by atoms with Gasteiger partial charge in [-0.1, -0.05) is 0 Å². The van der Waals surface area contributed by atoms with Gasteiger partial charge in [0.2, 0.25) is 5.91 Å². The van der Waals surface area contributed by atoms with Crippen LogP contribution in [0.4, 0.5) is 0 Å². The van der Waals surface area contributed by atoms with Crippen molar-refractivity contribution in [3.05, 3.63) is 0 Å². The fourth-order valence-electron chi connectivity index (χ4n) is 2.13. The third kappa shape index (κ3) is 1.63. The second-order valence-electron chi connectivity index (χ2n) is 3.96. The average Bonchev–Trinajstić information content (AvgIpc) is 2.63. The molecule has 0 aromatic heterocycles. The van der Waals surface area contributed by atoms with Gasteiger partial charge in [-0.05, 0) is 6.92 Å². The van der Waals surface area contributed by atoms with E-state index in [1.807, 2.05) is 4.90 Å². The van der Waals surface area contributed by atoms with Gasteiger partial charge in [0, 0.05) is 19.6 Å². The molecule has 2 saturated heterocycles. The Bertz CT molecular complexity index is 232. The van der Waals surface area contributed by atoms with Gasteiger partial charge < -0.3 is 20.7 Å². The summed E-state index contributed by atoms with van der Waals surface area (Å²) in [6, 6.07) is -0.225. The fourth-order valence-corrected chi connectivity index (χ4v) is 2.13. The van der Waals surface area contributed by atoms with Gasteiger partial charge >= 0.3 is 0 Å². The molecular weight excluding hydrogens is 182 g/mol. The normalized spacial score (nSPS) is 34.0. The fraction of sp³-hybridized carbons (Fsp3) is 0.889. The van der Waals surface area contributed by atoms with Crippen molar-refractivity contribution in [3.8, 4) is 0 Å². The van der Waals surface area contributed by atoms with Crippen LogP contribution in [0.25, 0.3) is 0 Å². The smallest absolute Gasteiger partial charge is 0.239 e. The molecule has 2 aliphatic heterocycles. The summed E-state index contributed by atoms with van der Waals surface area (Å²) >= 11 is 0. The van der Waals surface area contributed by atoms with Crippen molar-refractivity contribution in [2.24, 2.45) is 5.73 Å². The number of nitrogens with two attached hydrogens (primary N) is 1. The Kier molecular flexibility index (Phi) is 2.71. The van der Waals surface area contributed by atoms with E-state index in [0.717, 1.165) is 13.1 Å². The van der Waals surface area contributed by atoms with Crippen molar-refractivity contribution in [2.45, 2.75) is 25.1 Å². The molecule has 5 heteroatoms. The monoisotopic (exact) mass is 199 g/mol. The van der Waals surface area contributed by atoms with Crippen molar-refractivity contribution < 1.29 is 9.53 Å². The van der Waals surface area contributed by atoms with E-state index in [9.17, 15) is 4.79 Å². The van der Waals surface area contributed by atoms with E-state index < -0.39 is 6.04 Å². The highest BCUT2D eigenvalue weighted by Gasteiger charge is 2.38. The summed E-state index contributed by atoms with van der Waals surface area (Å²) in [7, 11) is 0. The number of nitrogens with one attached hydrogen (secondary N) is 1. The maximum Gasteiger partial charge on any atom is 0.239 e. The predicted octanol–water partition coefficient (Wildman–Crippen LogP) is -1.47.